The lowest BCUT2D eigenvalue weighted by atomic mass is 10.2. The van der Waals surface area contributed by atoms with E-state index in [-0.39, 0.29) is 22.9 Å². The van der Waals surface area contributed by atoms with Gasteiger partial charge in [-0.3, -0.25) is 18.7 Å². The summed E-state index contributed by atoms with van der Waals surface area (Å²) in [4.78, 5) is 44.0. The molecule has 0 aliphatic heterocycles. The largest absolute Gasteiger partial charge is 0.332 e. The van der Waals surface area contributed by atoms with Gasteiger partial charge in [0.1, 0.15) is 17.2 Å². The SMILES string of the molecule is Cn1c(=O)c2[nH]c(-c3cccc(NC(=O)/C=C/c4cccc(F)c4)c3)nc2n(C)c1=O. The molecule has 0 radical (unpaired) electrons. The van der Waals surface area contributed by atoms with Crippen LogP contribution in [0.25, 0.3) is 28.6 Å². The minimum Gasteiger partial charge on any atom is -0.332 e. The first-order valence-corrected chi connectivity index (χ1v) is 9.34. The van der Waals surface area contributed by atoms with Gasteiger partial charge in [0.05, 0.1) is 0 Å². The van der Waals surface area contributed by atoms with Crippen LogP contribution in [-0.4, -0.2) is 25.0 Å². The Kier molecular flexibility index (Phi) is 5.08. The van der Waals surface area contributed by atoms with Gasteiger partial charge in [-0.05, 0) is 35.9 Å². The topological polar surface area (TPSA) is 102 Å². The summed E-state index contributed by atoms with van der Waals surface area (Å²) in [5.41, 5.74) is 1.22. The summed E-state index contributed by atoms with van der Waals surface area (Å²) in [7, 11) is 2.94. The van der Waals surface area contributed by atoms with Crippen LogP contribution in [0.2, 0.25) is 0 Å². The highest BCUT2D eigenvalue weighted by Gasteiger charge is 2.14. The number of carbonyl (C=O) groups is 1. The fraction of sp³-hybridized carbons (Fsp3) is 0.0909. The Morgan fingerprint density at radius 2 is 1.87 bits per heavy atom. The number of nitrogens with one attached hydrogen (secondary N) is 2. The molecule has 8 nitrogen and oxygen atoms in total. The maximum absolute atomic E-state index is 13.2. The molecule has 0 unspecified atom stereocenters. The number of rotatable bonds is 4. The third kappa shape index (κ3) is 3.93. The van der Waals surface area contributed by atoms with Crippen molar-refractivity contribution < 1.29 is 9.18 Å². The van der Waals surface area contributed by atoms with E-state index in [4.69, 9.17) is 0 Å². The predicted molar refractivity (Wildman–Crippen MR) is 116 cm³/mol. The number of hydrogen-bond acceptors (Lipinski definition) is 4. The van der Waals surface area contributed by atoms with E-state index in [2.05, 4.69) is 15.3 Å². The number of imidazole rings is 1. The standard InChI is InChI=1S/C22H18FN5O3/c1-27-20-18(21(30)28(2)22(27)31)25-19(26-20)14-6-4-8-16(12-14)24-17(29)10-9-13-5-3-7-15(23)11-13/h3-12H,1-2H3,(H,24,29)(H,25,26)/b10-9+. The Labute approximate surface area is 175 Å². The van der Waals surface area contributed by atoms with Crippen LogP contribution in [-0.2, 0) is 18.9 Å². The number of H-pyrrole nitrogens is 1. The summed E-state index contributed by atoms with van der Waals surface area (Å²) >= 11 is 0. The van der Waals surface area contributed by atoms with Crippen LogP contribution in [0, 0.1) is 5.82 Å². The first-order valence-electron chi connectivity index (χ1n) is 9.34. The maximum Gasteiger partial charge on any atom is 0.332 e. The summed E-state index contributed by atoms with van der Waals surface area (Å²) in [6.07, 6.45) is 2.82. The molecule has 0 fully saturated rings. The third-order valence-corrected chi connectivity index (χ3v) is 4.77. The Bertz CT molecular complexity index is 1460. The molecule has 2 aromatic carbocycles. The molecule has 156 valence electrons. The molecule has 1 amide bonds. The predicted octanol–water partition coefficient (Wildman–Crippen LogP) is 2.42. The second-order valence-electron chi connectivity index (χ2n) is 6.95. The summed E-state index contributed by atoms with van der Waals surface area (Å²) < 4.78 is 15.5. The van der Waals surface area contributed by atoms with Gasteiger partial charge in [-0.1, -0.05) is 24.3 Å². The van der Waals surface area contributed by atoms with E-state index in [1.54, 1.807) is 36.4 Å². The number of amides is 1. The van der Waals surface area contributed by atoms with Gasteiger partial charge in [0, 0.05) is 31.4 Å². The van der Waals surface area contributed by atoms with Gasteiger partial charge in [0.15, 0.2) is 5.65 Å². The number of nitrogens with zero attached hydrogens (tertiary/aromatic N) is 3. The molecule has 4 rings (SSSR count). The number of aromatic nitrogens is 4. The highest BCUT2D eigenvalue weighted by atomic mass is 19.1. The molecule has 2 aromatic heterocycles. The monoisotopic (exact) mass is 419 g/mol. The minimum atomic E-state index is -0.471. The number of aryl methyl sites for hydroxylation is 1. The van der Waals surface area contributed by atoms with E-state index in [1.807, 2.05) is 0 Å². The van der Waals surface area contributed by atoms with Crippen LogP contribution >= 0.6 is 0 Å². The van der Waals surface area contributed by atoms with Crippen LogP contribution in [0.15, 0.2) is 64.2 Å². The number of halogens is 1. The normalized spacial score (nSPS) is 11.3. The van der Waals surface area contributed by atoms with Crippen LogP contribution < -0.4 is 16.6 Å². The molecule has 0 aliphatic carbocycles. The van der Waals surface area contributed by atoms with Gasteiger partial charge in [0.25, 0.3) is 5.56 Å². The van der Waals surface area contributed by atoms with Crippen LogP contribution in [0.5, 0.6) is 0 Å². The zero-order chi connectivity index (χ0) is 22.1. The average Bonchev–Trinajstić information content (AvgIpc) is 3.21. The molecule has 31 heavy (non-hydrogen) atoms. The van der Waals surface area contributed by atoms with Crippen molar-refractivity contribution in [1.82, 2.24) is 19.1 Å². The van der Waals surface area contributed by atoms with Crippen LogP contribution in [0.1, 0.15) is 5.56 Å². The first kappa shape index (κ1) is 20.0. The first-order chi connectivity index (χ1) is 14.8. The lowest BCUT2D eigenvalue weighted by Crippen LogP contribution is -2.36. The van der Waals surface area contributed by atoms with Crippen molar-refractivity contribution in [2.24, 2.45) is 14.1 Å². The van der Waals surface area contributed by atoms with Gasteiger partial charge >= 0.3 is 5.69 Å². The van der Waals surface area contributed by atoms with Gasteiger partial charge in [-0.2, -0.15) is 0 Å². The van der Waals surface area contributed by atoms with E-state index in [0.29, 0.717) is 22.6 Å². The molecular weight excluding hydrogens is 401 g/mol. The van der Waals surface area contributed by atoms with Crippen molar-refractivity contribution in [1.29, 1.82) is 0 Å². The smallest absolute Gasteiger partial charge is 0.332 e. The Morgan fingerprint density at radius 3 is 2.65 bits per heavy atom. The molecule has 2 N–H and O–H groups in total. The summed E-state index contributed by atoms with van der Waals surface area (Å²) in [6, 6.07) is 12.8. The highest BCUT2D eigenvalue weighted by molar-refractivity contribution is 6.02. The van der Waals surface area contributed by atoms with Gasteiger partial charge in [-0.25, -0.2) is 14.2 Å². The van der Waals surface area contributed by atoms with Crippen LogP contribution in [0.4, 0.5) is 10.1 Å². The number of fused-ring (bicyclic) bond motifs is 1. The van der Waals surface area contributed by atoms with Crippen molar-refractivity contribution in [2.45, 2.75) is 0 Å². The summed E-state index contributed by atoms with van der Waals surface area (Å²) in [5, 5.41) is 2.73. The molecule has 0 bridgehead atoms. The highest BCUT2D eigenvalue weighted by Crippen LogP contribution is 2.21. The number of hydrogen-bond donors (Lipinski definition) is 2. The quantitative estimate of drug-likeness (QED) is 0.496. The molecule has 2 heterocycles. The number of anilines is 1. The average molecular weight is 419 g/mol. The maximum atomic E-state index is 13.2. The number of benzene rings is 2. The van der Waals surface area contributed by atoms with Crippen molar-refractivity contribution in [3.63, 3.8) is 0 Å². The van der Waals surface area contributed by atoms with Gasteiger partial charge in [-0.15, -0.1) is 0 Å². The van der Waals surface area contributed by atoms with Crippen LogP contribution in [0.3, 0.4) is 0 Å². The van der Waals surface area contributed by atoms with Crippen molar-refractivity contribution in [2.75, 3.05) is 5.32 Å². The lowest BCUT2D eigenvalue weighted by Gasteiger charge is -2.04. The van der Waals surface area contributed by atoms with Gasteiger partial charge < -0.3 is 10.3 Å². The third-order valence-electron chi connectivity index (χ3n) is 4.77. The minimum absolute atomic E-state index is 0.215. The van der Waals surface area contributed by atoms with Crippen molar-refractivity contribution in [3.05, 3.63) is 86.8 Å². The molecular formula is C22H18FN5O3. The Balaban J connectivity index is 1.61. The fourth-order valence-electron chi connectivity index (χ4n) is 3.17. The Hall–Kier alpha value is -4.27. The molecule has 9 heteroatoms. The summed E-state index contributed by atoms with van der Waals surface area (Å²) in [6.45, 7) is 0. The van der Waals surface area contributed by atoms with Crippen molar-refractivity contribution in [3.8, 4) is 11.4 Å². The molecule has 0 atom stereocenters. The lowest BCUT2D eigenvalue weighted by molar-refractivity contribution is -0.111. The fourth-order valence-corrected chi connectivity index (χ4v) is 3.17. The number of aromatic amines is 1. The molecule has 0 saturated carbocycles. The van der Waals surface area contributed by atoms with E-state index in [0.717, 1.165) is 4.57 Å². The van der Waals surface area contributed by atoms with E-state index in [1.165, 1.54) is 42.9 Å². The molecule has 0 saturated heterocycles. The molecule has 0 aliphatic rings. The number of carbonyl (C=O) groups excluding carboxylic acids is 1. The van der Waals surface area contributed by atoms with E-state index >= 15 is 0 Å². The molecule has 0 spiro atoms. The van der Waals surface area contributed by atoms with Gasteiger partial charge in [0.2, 0.25) is 5.91 Å². The second-order valence-corrected chi connectivity index (χ2v) is 6.95. The van der Waals surface area contributed by atoms with E-state index in [9.17, 15) is 18.8 Å². The molecule has 4 aromatic rings. The zero-order valence-electron chi connectivity index (χ0n) is 16.7. The second kappa shape index (κ2) is 7.86. The zero-order valence-corrected chi connectivity index (χ0v) is 16.7. The van der Waals surface area contributed by atoms with Crippen molar-refractivity contribution >= 4 is 28.8 Å². The van der Waals surface area contributed by atoms with E-state index < -0.39 is 11.2 Å². The summed E-state index contributed by atoms with van der Waals surface area (Å²) in [5.74, 6) is -0.379. The Morgan fingerprint density at radius 1 is 1.10 bits per heavy atom.